The average Bonchev–Trinajstić information content (AvgIpc) is 2.60. The second kappa shape index (κ2) is 3.89. The van der Waals surface area contributed by atoms with Crippen molar-refractivity contribution < 1.29 is 4.79 Å². The number of carbonyl (C=O) groups excluding carboxylic acids is 1. The van der Waals surface area contributed by atoms with E-state index in [0.29, 0.717) is 11.5 Å². The molecule has 0 bridgehead atoms. The maximum atomic E-state index is 11.1. The molecule has 88 valence electrons. The van der Waals surface area contributed by atoms with Gasteiger partial charge in [-0.05, 0) is 26.0 Å². The number of rotatable bonds is 2. The van der Waals surface area contributed by atoms with Crippen LogP contribution >= 0.6 is 0 Å². The predicted molar refractivity (Wildman–Crippen MR) is 63.8 cm³/mol. The van der Waals surface area contributed by atoms with E-state index in [-0.39, 0.29) is 5.69 Å². The third kappa shape index (κ3) is 1.84. The van der Waals surface area contributed by atoms with Crippen LogP contribution in [0.3, 0.4) is 0 Å². The fourth-order valence-corrected chi connectivity index (χ4v) is 1.50. The van der Waals surface area contributed by atoms with E-state index in [1.807, 2.05) is 13.8 Å². The molecule has 0 radical (unpaired) electrons. The molecule has 0 aliphatic rings. The Bertz CT molecular complexity index is 588. The summed E-state index contributed by atoms with van der Waals surface area (Å²) >= 11 is 0. The second-order valence-electron chi connectivity index (χ2n) is 3.76. The number of aromatic nitrogens is 3. The summed E-state index contributed by atoms with van der Waals surface area (Å²) in [7, 11) is 0. The van der Waals surface area contributed by atoms with Gasteiger partial charge in [0.1, 0.15) is 12.0 Å². The molecule has 0 saturated heterocycles. The minimum atomic E-state index is -0.583. The van der Waals surface area contributed by atoms with Crippen LogP contribution in [-0.4, -0.2) is 20.4 Å². The highest BCUT2D eigenvalue weighted by Gasteiger charge is 2.11. The van der Waals surface area contributed by atoms with Crippen molar-refractivity contribution in [1.29, 1.82) is 0 Å². The van der Waals surface area contributed by atoms with Gasteiger partial charge in [0.2, 0.25) is 0 Å². The lowest BCUT2D eigenvalue weighted by atomic mass is 10.3. The molecule has 0 unspecified atom stereocenters. The number of nitrogens with zero attached hydrogens (tertiary/aromatic N) is 3. The quantitative estimate of drug-likeness (QED) is 0.788. The zero-order chi connectivity index (χ0) is 12.6. The first kappa shape index (κ1) is 11.1. The highest BCUT2D eigenvalue weighted by Crippen LogP contribution is 2.18. The number of amides is 1. The zero-order valence-corrected chi connectivity index (χ0v) is 9.64. The molecule has 0 saturated carbocycles. The lowest BCUT2D eigenvalue weighted by Gasteiger charge is -2.08. The molecule has 2 aromatic heterocycles. The van der Waals surface area contributed by atoms with Crippen LogP contribution in [0.2, 0.25) is 0 Å². The van der Waals surface area contributed by atoms with Gasteiger partial charge in [0.25, 0.3) is 5.91 Å². The molecule has 0 fully saturated rings. The van der Waals surface area contributed by atoms with Gasteiger partial charge >= 0.3 is 0 Å². The maximum Gasteiger partial charge on any atom is 0.267 e. The first-order valence-corrected chi connectivity index (χ1v) is 5.08. The molecule has 17 heavy (non-hydrogen) atoms. The van der Waals surface area contributed by atoms with Crippen LogP contribution in [0.25, 0.3) is 5.82 Å². The molecule has 0 spiro atoms. The monoisotopic (exact) mass is 231 g/mol. The van der Waals surface area contributed by atoms with Gasteiger partial charge in [-0.15, -0.1) is 0 Å². The normalized spacial score (nSPS) is 10.5. The van der Waals surface area contributed by atoms with Crippen LogP contribution in [0, 0.1) is 13.8 Å². The van der Waals surface area contributed by atoms with Crippen LogP contribution in [0.1, 0.15) is 21.9 Å². The molecule has 0 aliphatic heterocycles. The number of nitrogen functional groups attached to an aromatic ring is 1. The number of imidazole rings is 1. The standard InChI is InChI=1S/C11H13N5O/c1-6-7(2)16(5-14-6)11-8(12)3-4-9(15-11)10(13)17/h3-5H,12H2,1-2H3,(H2,13,17). The Morgan fingerprint density at radius 3 is 2.59 bits per heavy atom. The molecule has 1 amide bonds. The Balaban J connectivity index is 2.62. The minimum Gasteiger partial charge on any atom is -0.396 e. The van der Waals surface area contributed by atoms with E-state index in [4.69, 9.17) is 11.5 Å². The Hall–Kier alpha value is -2.37. The summed E-state index contributed by atoms with van der Waals surface area (Å²) in [5.41, 5.74) is 13.5. The number of carbonyl (C=O) groups is 1. The zero-order valence-electron chi connectivity index (χ0n) is 9.64. The largest absolute Gasteiger partial charge is 0.396 e. The second-order valence-corrected chi connectivity index (χ2v) is 3.76. The summed E-state index contributed by atoms with van der Waals surface area (Å²) in [6.45, 7) is 3.79. The summed E-state index contributed by atoms with van der Waals surface area (Å²) in [4.78, 5) is 19.4. The van der Waals surface area contributed by atoms with Gasteiger partial charge in [-0.1, -0.05) is 0 Å². The topological polar surface area (TPSA) is 99.8 Å². The Kier molecular flexibility index (Phi) is 2.55. The smallest absolute Gasteiger partial charge is 0.267 e. The van der Waals surface area contributed by atoms with Crippen molar-refractivity contribution in [2.45, 2.75) is 13.8 Å². The lowest BCUT2D eigenvalue weighted by molar-refractivity contribution is 0.0995. The summed E-state index contributed by atoms with van der Waals surface area (Å²) in [6.07, 6.45) is 1.62. The van der Waals surface area contributed by atoms with Crippen molar-refractivity contribution in [2.75, 3.05) is 5.73 Å². The minimum absolute atomic E-state index is 0.181. The molecule has 2 aromatic rings. The summed E-state index contributed by atoms with van der Waals surface area (Å²) in [6, 6.07) is 3.11. The number of anilines is 1. The molecule has 6 heteroatoms. The number of hydrogen-bond donors (Lipinski definition) is 2. The van der Waals surface area contributed by atoms with E-state index in [1.165, 1.54) is 6.07 Å². The van der Waals surface area contributed by atoms with Crippen LogP contribution in [0.5, 0.6) is 0 Å². The third-order valence-electron chi connectivity index (χ3n) is 2.64. The van der Waals surface area contributed by atoms with Crippen molar-refractivity contribution in [2.24, 2.45) is 5.73 Å². The Morgan fingerprint density at radius 2 is 2.06 bits per heavy atom. The van der Waals surface area contributed by atoms with Gasteiger partial charge < -0.3 is 11.5 Å². The SMILES string of the molecule is Cc1ncn(-c2nc(C(N)=O)ccc2N)c1C. The van der Waals surface area contributed by atoms with Crippen LogP contribution in [-0.2, 0) is 0 Å². The molecular weight excluding hydrogens is 218 g/mol. The fourth-order valence-electron chi connectivity index (χ4n) is 1.50. The van der Waals surface area contributed by atoms with E-state index in [2.05, 4.69) is 9.97 Å². The summed E-state index contributed by atoms with van der Waals surface area (Å²) in [5, 5.41) is 0. The highest BCUT2D eigenvalue weighted by molar-refractivity contribution is 5.91. The molecule has 4 N–H and O–H groups in total. The molecule has 0 aliphatic carbocycles. The molecule has 2 heterocycles. The predicted octanol–water partition coefficient (Wildman–Crippen LogP) is 0.565. The summed E-state index contributed by atoms with van der Waals surface area (Å²) in [5.74, 6) is -0.111. The molecule has 0 aromatic carbocycles. The van der Waals surface area contributed by atoms with E-state index in [0.717, 1.165) is 11.4 Å². The van der Waals surface area contributed by atoms with Gasteiger partial charge in [0, 0.05) is 5.69 Å². The van der Waals surface area contributed by atoms with E-state index in [1.54, 1.807) is 17.0 Å². The van der Waals surface area contributed by atoms with Gasteiger partial charge in [-0.25, -0.2) is 9.97 Å². The Morgan fingerprint density at radius 1 is 1.35 bits per heavy atom. The van der Waals surface area contributed by atoms with Crippen molar-refractivity contribution in [1.82, 2.24) is 14.5 Å². The van der Waals surface area contributed by atoms with Crippen molar-refractivity contribution in [3.8, 4) is 5.82 Å². The highest BCUT2D eigenvalue weighted by atomic mass is 16.1. The number of pyridine rings is 1. The third-order valence-corrected chi connectivity index (χ3v) is 2.64. The van der Waals surface area contributed by atoms with E-state index in [9.17, 15) is 4.79 Å². The maximum absolute atomic E-state index is 11.1. The van der Waals surface area contributed by atoms with Gasteiger partial charge in [0.15, 0.2) is 5.82 Å². The van der Waals surface area contributed by atoms with Crippen LogP contribution in [0.15, 0.2) is 18.5 Å². The Labute approximate surface area is 98.3 Å². The van der Waals surface area contributed by atoms with Gasteiger partial charge in [-0.3, -0.25) is 9.36 Å². The number of nitrogens with two attached hydrogens (primary N) is 2. The van der Waals surface area contributed by atoms with E-state index < -0.39 is 5.91 Å². The van der Waals surface area contributed by atoms with Gasteiger partial charge in [-0.2, -0.15) is 0 Å². The van der Waals surface area contributed by atoms with Crippen molar-refractivity contribution >= 4 is 11.6 Å². The van der Waals surface area contributed by atoms with Crippen molar-refractivity contribution in [3.63, 3.8) is 0 Å². The molecule has 2 rings (SSSR count). The fraction of sp³-hybridized carbons (Fsp3) is 0.182. The molecular formula is C11H13N5O. The summed E-state index contributed by atoms with van der Waals surface area (Å²) < 4.78 is 1.73. The first-order chi connectivity index (χ1) is 8.00. The number of aryl methyl sites for hydroxylation is 1. The first-order valence-electron chi connectivity index (χ1n) is 5.08. The van der Waals surface area contributed by atoms with E-state index >= 15 is 0 Å². The van der Waals surface area contributed by atoms with Gasteiger partial charge in [0.05, 0.1) is 11.4 Å². The number of hydrogen-bond acceptors (Lipinski definition) is 4. The van der Waals surface area contributed by atoms with Crippen LogP contribution in [0.4, 0.5) is 5.69 Å². The van der Waals surface area contributed by atoms with Crippen LogP contribution < -0.4 is 11.5 Å². The van der Waals surface area contributed by atoms with Crippen molar-refractivity contribution in [3.05, 3.63) is 35.5 Å². The molecule has 0 atom stereocenters. The number of primary amides is 1. The average molecular weight is 231 g/mol. The lowest BCUT2D eigenvalue weighted by Crippen LogP contribution is -2.15. The molecule has 6 nitrogen and oxygen atoms in total.